The number of carbonyl (C=O) groups excluding carboxylic acids is 1. The van der Waals surface area contributed by atoms with Crippen molar-refractivity contribution in [2.24, 2.45) is 0 Å². The van der Waals surface area contributed by atoms with E-state index in [1.54, 1.807) is 0 Å². The molecule has 0 saturated heterocycles. The molecular weight excluding hydrogens is 333 g/mol. The van der Waals surface area contributed by atoms with Gasteiger partial charge >= 0.3 is 0 Å². The van der Waals surface area contributed by atoms with E-state index in [1.165, 1.54) is 29.2 Å². The predicted molar refractivity (Wildman–Crippen MR) is 79.4 cm³/mol. The topological polar surface area (TPSA) is 81.1 Å². The van der Waals surface area contributed by atoms with E-state index in [0.717, 1.165) is 6.07 Å². The van der Waals surface area contributed by atoms with Crippen LogP contribution in [0, 0.1) is 5.82 Å². The maximum absolute atomic E-state index is 13.3. The third-order valence-electron chi connectivity index (χ3n) is 2.81. The van der Waals surface area contributed by atoms with Crippen LogP contribution >= 0.6 is 11.6 Å². The van der Waals surface area contributed by atoms with Gasteiger partial charge in [0.1, 0.15) is 5.82 Å². The van der Waals surface area contributed by atoms with Crippen LogP contribution < -0.4 is 4.72 Å². The Labute approximate surface area is 131 Å². The first kappa shape index (κ1) is 16.4. The van der Waals surface area contributed by atoms with Crippen molar-refractivity contribution in [1.82, 2.24) is 14.5 Å². The molecule has 1 N–H and O–H groups in total. The van der Waals surface area contributed by atoms with Gasteiger partial charge in [0.15, 0.2) is 0 Å². The highest BCUT2D eigenvalue weighted by atomic mass is 35.5. The van der Waals surface area contributed by atoms with Gasteiger partial charge in [-0.2, -0.15) is 5.10 Å². The molecule has 2 rings (SSSR count). The first-order chi connectivity index (χ1) is 10.3. The van der Waals surface area contributed by atoms with E-state index in [0.29, 0.717) is 6.54 Å². The van der Waals surface area contributed by atoms with E-state index >= 15 is 0 Å². The Hall–Kier alpha value is -1.93. The van der Waals surface area contributed by atoms with Gasteiger partial charge < -0.3 is 0 Å². The van der Waals surface area contributed by atoms with Gasteiger partial charge in [-0.3, -0.25) is 9.48 Å². The van der Waals surface area contributed by atoms with E-state index < -0.39 is 27.5 Å². The number of aryl methyl sites for hydroxylation is 1. The van der Waals surface area contributed by atoms with Crippen LogP contribution in [0.3, 0.4) is 0 Å². The lowest BCUT2D eigenvalue weighted by Crippen LogP contribution is -2.31. The molecule has 0 aliphatic rings. The van der Waals surface area contributed by atoms with Gasteiger partial charge in [0.05, 0.1) is 22.5 Å². The highest BCUT2D eigenvalue weighted by Crippen LogP contribution is 2.17. The van der Waals surface area contributed by atoms with Crippen LogP contribution in [-0.4, -0.2) is 24.1 Å². The van der Waals surface area contributed by atoms with E-state index in [1.807, 2.05) is 11.6 Å². The summed E-state index contributed by atoms with van der Waals surface area (Å²) in [5.41, 5.74) is 0.319. The Bertz CT molecular complexity index is 805. The highest BCUT2D eigenvalue weighted by Gasteiger charge is 2.18. The maximum atomic E-state index is 13.3. The smallest absolute Gasteiger partial charge is 0.267 e. The summed E-state index contributed by atoms with van der Waals surface area (Å²) in [4.78, 5) is 11.9. The zero-order chi connectivity index (χ0) is 16.3. The number of aromatic nitrogens is 2. The molecule has 0 saturated carbocycles. The molecule has 9 heteroatoms. The minimum atomic E-state index is -3.96. The van der Waals surface area contributed by atoms with Gasteiger partial charge in [0.2, 0.25) is 10.0 Å². The first-order valence-corrected chi connectivity index (χ1v) is 8.35. The second-order valence-corrected chi connectivity index (χ2v) is 6.65. The van der Waals surface area contributed by atoms with Crippen LogP contribution in [0.15, 0.2) is 30.6 Å². The molecule has 22 heavy (non-hydrogen) atoms. The van der Waals surface area contributed by atoms with E-state index in [-0.39, 0.29) is 16.1 Å². The van der Waals surface area contributed by atoms with Crippen LogP contribution in [0.1, 0.15) is 22.8 Å². The molecule has 1 aromatic heterocycles. The molecule has 0 bridgehead atoms. The Kier molecular flexibility index (Phi) is 4.82. The average molecular weight is 346 g/mol. The second-order valence-electron chi connectivity index (χ2n) is 4.52. The number of carbonyl (C=O) groups is 1. The number of halogens is 2. The first-order valence-electron chi connectivity index (χ1n) is 6.32. The van der Waals surface area contributed by atoms with Gasteiger partial charge in [-0.25, -0.2) is 17.5 Å². The summed E-state index contributed by atoms with van der Waals surface area (Å²) in [5, 5.41) is 3.79. The molecule has 1 aromatic carbocycles. The molecule has 0 aliphatic carbocycles. The number of nitrogens with one attached hydrogen (secondary N) is 1. The Morgan fingerprint density at radius 3 is 2.77 bits per heavy atom. The van der Waals surface area contributed by atoms with Crippen LogP contribution in [0.25, 0.3) is 0 Å². The zero-order valence-electron chi connectivity index (χ0n) is 11.6. The fourth-order valence-corrected chi connectivity index (χ4v) is 2.95. The molecule has 1 heterocycles. The van der Waals surface area contributed by atoms with Crippen molar-refractivity contribution in [3.63, 3.8) is 0 Å². The van der Waals surface area contributed by atoms with Crippen LogP contribution in [0.5, 0.6) is 0 Å². The van der Waals surface area contributed by atoms with Gasteiger partial charge in [-0.15, -0.1) is 0 Å². The van der Waals surface area contributed by atoms with Crippen molar-refractivity contribution in [2.45, 2.75) is 19.2 Å². The molecular formula is C13H13ClFN3O3S. The zero-order valence-corrected chi connectivity index (χ0v) is 13.2. The number of rotatable bonds is 5. The van der Waals surface area contributed by atoms with Crippen molar-refractivity contribution in [2.75, 3.05) is 0 Å². The standard InChI is InChI=1S/C13H13ClFN3O3S/c1-2-18-7-10(6-16-18)13(19)17-22(20,21)8-9-3-4-11(14)12(15)5-9/h3-7H,2,8H2,1H3,(H,17,19). The minimum absolute atomic E-state index is 0.0998. The van der Waals surface area contributed by atoms with Gasteiger partial charge in [-0.05, 0) is 24.6 Å². The largest absolute Gasteiger partial charge is 0.272 e. The van der Waals surface area contributed by atoms with Crippen molar-refractivity contribution in [3.05, 3.63) is 52.6 Å². The third kappa shape index (κ3) is 4.05. The lowest BCUT2D eigenvalue weighted by Gasteiger charge is -2.06. The molecule has 1 amide bonds. The predicted octanol–water partition coefficient (Wildman–Crippen LogP) is 1.96. The minimum Gasteiger partial charge on any atom is -0.272 e. The Morgan fingerprint density at radius 2 is 2.18 bits per heavy atom. The van der Waals surface area contributed by atoms with E-state index in [9.17, 15) is 17.6 Å². The van der Waals surface area contributed by atoms with Crippen LogP contribution in [-0.2, 0) is 22.3 Å². The Balaban J connectivity index is 2.10. The summed E-state index contributed by atoms with van der Waals surface area (Å²) in [6, 6.07) is 3.65. The average Bonchev–Trinajstić information content (AvgIpc) is 2.91. The number of sulfonamides is 1. The molecule has 0 radical (unpaired) electrons. The quantitative estimate of drug-likeness (QED) is 0.898. The van der Waals surface area contributed by atoms with Gasteiger partial charge in [0, 0.05) is 12.7 Å². The molecule has 0 fully saturated rings. The fourth-order valence-electron chi connectivity index (χ4n) is 1.74. The van der Waals surface area contributed by atoms with Gasteiger partial charge in [0.25, 0.3) is 5.91 Å². The second kappa shape index (κ2) is 6.45. The lowest BCUT2D eigenvalue weighted by molar-refractivity contribution is 0.0981. The SMILES string of the molecule is CCn1cc(C(=O)NS(=O)(=O)Cc2ccc(Cl)c(F)c2)cn1. The molecule has 0 aliphatic heterocycles. The fraction of sp³-hybridized carbons (Fsp3) is 0.231. The third-order valence-corrected chi connectivity index (χ3v) is 4.32. The lowest BCUT2D eigenvalue weighted by atomic mass is 10.2. The molecule has 0 spiro atoms. The van der Waals surface area contributed by atoms with Crippen molar-refractivity contribution in [3.8, 4) is 0 Å². The van der Waals surface area contributed by atoms with Crippen molar-refractivity contribution < 1.29 is 17.6 Å². The number of hydrogen-bond acceptors (Lipinski definition) is 4. The summed E-state index contributed by atoms with van der Waals surface area (Å²) in [5.74, 6) is -2.03. The summed E-state index contributed by atoms with van der Waals surface area (Å²) in [6.45, 7) is 2.39. The highest BCUT2D eigenvalue weighted by molar-refractivity contribution is 7.89. The summed E-state index contributed by atoms with van der Waals surface area (Å²) in [7, 11) is -3.96. The summed E-state index contributed by atoms with van der Waals surface area (Å²) >= 11 is 5.53. The summed E-state index contributed by atoms with van der Waals surface area (Å²) in [6.07, 6.45) is 2.71. The van der Waals surface area contributed by atoms with E-state index in [2.05, 4.69) is 5.10 Å². The molecule has 0 atom stereocenters. The number of amides is 1. The number of benzene rings is 1. The molecule has 2 aromatic rings. The molecule has 118 valence electrons. The van der Waals surface area contributed by atoms with Crippen molar-refractivity contribution >= 4 is 27.5 Å². The molecule has 6 nitrogen and oxygen atoms in total. The normalized spacial score (nSPS) is 11.4. The monoisotopic (exact) mass is 345 g/mol. The van der Waals surface area contributed by atoms with Crippen LogP contribution in [0.4, 0.5) is 4.39 Å². The van der Waals surface area contributed by atoms with Crippen LogP contribution in [0.2, 0.25) is 5.02 Å². The van der Waals surface area contributed by atoms with Gasteiger partial charge in [-0.1, -0.05) is 17.7 Å². The molecule has 0 unspecified atom stereocenters. The summed E-state index contributed by atoms with van der Waals surface area (Å²) < 4.78 is 40.6. The number of hydrogen-bond donors (Lipinski definition) is 1. The maximum Gasteiger partial charge on any atom is 0.267 e. The van der Waals surface area contributed by atoms with E-state index in [4.69, 9.17) is 11.6 Å². The Morgan fingerprint density at radius 1 is 1.45 bits per heavy atom. The van der Waals surface area contributed by atoms with Crippen molar-refractivity contribution in [1.29, 1.82) is 0 Å². The number of nitrogens with zero attached hydrogens (tertiary/aromatic N) is 2.